The lowest BCUT2D eigenvalue weighted by atomic mass is 10.1. The molecule has 106 valence electrons. The molecule has 1 aromatic carbocycles. The lowest BCUT2D eigenvalue weighted by molar-refractivity contribution is 0.253. The van der Waals surface area contributed by atoms with Crippen LogP contribution >= 0.6 is 0 Å². The number of phenols is 1. The predicted octanol–water partition coefficient (Wildman–Crippen LogP) is 2.58. The van der Waals surface area contributed by atoms with E-state index >= 15 is 0 Å². The largest absolute Gasteiger partial charge is 0.507 e. The Bertz CT molecular complexity index is 402. The third-order valence-corrected chi connectivity index (χ3v) is 4.05. The minimum Gasteiger partial charge on any atom is -0.507 e. The van der Waals surface area contributed by atoms with E-state index in [0.717, 1.165) is 30.8 Å². The molecule has 0 spiro atoms. The maximum atomic E-state index is 9.83. The van der Waals surface area contributed by atoms with Gasteiger partial charge in [-0.05, 0) is 56.5 Å². The van der Waals surface area contributed by atoms with Crippen LogP contribution in [0.25, 0.3) is 0 Å². The number of hydrogen-bond acceptors (Lipinski definition) is 3. The molecule has 19 heavy (non-hydrogen) atoms. The first-order valence-electron chi connectivity index (χ1n) is 7.35. The molecule has 1 atom stereocenters. The minimum absolute atomic E-state index is 0.434. The molecule has 0 saturated carbocycles. The number of phenolic OH excluding ortho intramolecular Hbond substituents is 1. The fraction of sp³-hybridized carbons (Fsp3) is 0.625. The van der Waals surface area contributed by atoms with Crippen LogP contribution in [0.2, 0.25) is 0 Å². The standard InChI is InChI=1S/C16H26N2O/c1-4-18(11-15-6-5-7-17-15)10-14-8-12(2)16(19)13(3)9-14/h8-9,15,17,19H,4-7,10-11H2,1-3H3. The lowest BCUT2D eigenvalue weighted by Gasteiger charge is -2.24. The summed E-state index contributed by atoms with van der Waals surface area (Å²) in [6.07, 6.45) is 2.60. The molecular formula is C16H26N2O. The van der Waals surface area contributed by atoms with Crippen LogP contribution in [0.15, 0.2) is 12.1 Å². The molecule has 1 aliphatic heterocycles. The van der Waals surface area contributed by atoms with Gasteiger partial charge in [0.05, 0.1) is 0 Å². The van der Waals surface area contributed by atoms with Gasteiger partial charge in [-0.1, -0.05) is 19.1 Å². The number of rotatable bonds is 5. The van der Waals surface area contributed by atoms with Crippen molar-refractivity contribution in [2.24, 2.45) is 0 Å². The molecular weight excluding hydrogens is 236 g/mol. The molecule has 1 unspecified atom stereocenters. The van der Waals surface area contributed by atoms with Crippen molar-refractivity contribution in [3.8, 4) is 5.75 Å². The molecule has 1 aliphatic rings. The topological polar surface area (TPSA) is 35.5 Å². The lowest BCUT2D eigenvalue weighted by Crippen LogP contribution is -2.37. The summed E-state index contributed by atoms with van der Waals surface area (Å²) in [5.41, 5.74) is 3.25. The van der Waals surface area contributed by atoms with Crippen LogP contribution < -0.4 is 5.32 Å². The van der Waals surface area contributed by atoms with Gasteiger partial charge in [0.25, 0.3) is 0 Å². The number of hydrogen-bond donors (Lipinski definition) is 2. The van der Waals surface area contributed by atoms with Gasteiger partial charge in [0.15, 0.2) is 0 Å². The molecule has 1 fully saturated rings. The monoisotopic (exact) mass is 262 g/mol. The van der Waals surface area contributed by atoms with E-state index in [-0.39, 0.29) is 0 Å². The van der Waals surface area contributed by atoms with Crippen molar-refractivity contribution in [3.05, 3.63) is 28.8 Å². The Hall–Kier alpha value is -1.06. The van der Waals surface area contributed by atoms with Crippen molar-refractivity contribution in [1.29, 1.82) is 0 Å². The first-order chi connectivity index (χ1) is 9.10. The summed E-state index contributed by atoms with van der Waals surface area (Å²) in [4.78, 5) is 2.48. The van der Waals surface area contributed by atoms with Crippen molar-refractivity contribution < 1.29 is 5.11 Å². The highest BCUT2D eigenvalue weighted by Crippen LogP contribution is 2.23. The van der Waals surface area contributed by atoms with E-state index in [1.54, 1.807) is 0 Å². The number of aromatic hydroxyl groups is 1. The van der Waals surface area contributed by atoms with E-state index in [1.807, 2.05) is 13.8 Å². The third-order valence-electron chi connectivity index (χ3n) is 4.05. The number of aryl methyl sites for hydroxylation is 2. The summed E-state index contributed by atoms with van der Waals surface area (Å²) in [5.74, 6) is 0.434. The zero-order valence-corrected chi connectivity index (χ0v) is 12.4. The van der Waals surface area contributed by atoms with Gasteiger partial charge in [-0.2, -0.15) is 0 Å². The minimum atomic E-state index is 0.434. The fourth-order valence-corrected chi connectivity index (χ4v) is 2.92. The van der Waals surface area contributed by atoms with E-state index in [2.05, 4.69) is 29.3 Å². The zero-order chi connectivity index (χ0) is 13.8. The average Bonchev–Trinajstić information content (AvgIpc) is 2.88. The van der Waals surface area contributed by atoms with Crippen LogP contribution in [-0.4, -0.2) is 35.7 Å². The second kappa shape index (κ2) is 6.40. The summed E-state index contributed by atoms with van der Waals surface area (Å²) in [6, 6.07) is 4.86. The number of likely N-dealkylation sites (N-methyl/N-ethyl adjacent to an activating group) is 1. The third kappa shape index (κ3) is 3.71. The Morgan fingerprint density at radius 1 is 1.32 bits per heavy atom. The Morgan fingerprint density at radius 2 is 2.00 bits per heavy atom. The quantitative estimate of drug-likeness (QED) is 0.856. The highest BCUT2D eigenvalue weighted by Gasteiger charge is 2.17. The van der Waals surface area contributed by atoms with Crippen LogP contribution in [0.3, 0.4) is 0 Å². The van der Waals surface area contributed by atoms with E-state index in [0.29, 0.717) is 11.8 Å². The molecule has 1 heterocycles. The predicted molar refractivity (Wildman–Crippen MR) is 79.6 cm³/mol. The smallest absolute Gasteiger partial charge is 0.121 e. The fourth-order valence-electron chi connectivity index (χ4n) is 2.92. The molecule has 0 aromatic heterocycles. The maximum Gasteiger partial charge on any atom is 0.121 e. The molecule has 0 aliphatic carbocycles. The Kier molecular flexibility index (Phi) is 4.83. The van der Waals surface area contributed by atoms with Crippen molar-refractivity contribution >= 4 is 0 Å². The molecule has 2 rings (SSSR count). The van der Waals surface area contributed by atoms with Gasteiger partial charge in [0.2, 0.25) is 0 Å². The Morgan fingerprint density at radius 3 is 2.53 bits per heavy atom. The summed E-state index contributed by atoms with van der Waals surface area (Å²) >= 11 is 0. The van der Waals surface area contributed by atoms with E-state index < -0.39 is 0 Å². The van der Waals surface area contributed by atoms with E-state index in [1.165, 1.54) is 24.9 Å². The van der Waals surface area contributed by atoms with Crippen molar-refractivity contribution in [2.75, 3.05) is 19.6 Å². The van der Waals surface area contributed by atoms with Crippen LogP contribution in [0, 0.1) is 13.8 Å². The van der Waals surface area contributed by atoms with Gasteiger partial charge in [-0.15, -0.1) is 0 Å². The number of nitrogens with zero attached hydrogens (tertiary/aromatic N) is 1. The Balaban J connectivity index is 2.01. The van der Waals surface area contributed by atoms with Crippen LogP contribution in [-0.2, 0) is 6.54 Å². The zero-order valence-electron chi connectivity index (χ0n) is 12.4. The average molecular weight is 262 g/mol. The molecule has 0 bridgehead atoms. The highest BCUT2D eigenvalue weighted by atomic mass is 16.3. The first kappa shape index (κ1) is 14.4. The molecule has 0 amide bonds. The van der Waals surface area contributed by atoms with Crippen molar-refractivity contribution in [3.63, 3.8) is 0 Å². The molecule has 2 N–H and O–H groups in total. The second-order valence-electron chi connectivity index (χ2n) is 5.70. The molecule has 3 nitrogen and oxygen atoms in total. The molecule has 0 radical (unpaired) electrons. The first-order valence-corrected chi connectivity index (χ1v) is 7.35. The van der Waals surface area contributed by atoms with Gasteiger partial charge in [-0.3, -0.25) is 4.90 Å². The molecule has 3 heteroatoms. The SMILES string of the molecule is CCN(Cc1cc(C)c(O)c(C)c1)CC1CCCN1. The van der Waals surface area contributed by atoms with Gasteiger partial charge in [0, 0.05) is 19.1 Å². The Labute approximate surface area is 116 Å². The van der Waals surface area contributed by atoms with Crippen LogP contribution in [0.4, 0.5) is 0 Å². The molecule has 1 aromatic rings. The maximum absolute atomic E-state index is 9.83. The summed E-state index contributed by atoms with van der Waals surface area (Å²) < 4.78 is 0. The van der Waals surface area contributed by atoms with Crippen LogP contribution in [0.1, 0.15) is 36.5 Å². The van der Waals surface area contributed by atoms with Crippen molar-refractivity contribution in [2.45, 2.75) is 46.2 Å². The van der Waals surface area contributed by atoms with Crippen LogP contribution in [0.5, 0.6) is 5.75 Å². The van der Waals surface area contributed by atoms with E-state index in [9.17, 15) is 5.11 Å². The summed E-state index contributed by atoms with van der Waals surface area (Å²) in [6.45, 7) is 10.5. The van der Waals surface area contributed by atoms with Gasteiger partial charge in [0.1, 0.15) is 5.75 Å². The van der Waals surface area contributed by atoms with E-state index in [4.69, 9.17) is 0 Å². The highest BCUT2D eigenvalue weighted by molar-refractivity contribution is 5.42. The van der Waals surface area contributed by atoms with Gasteiger partial charge in [-0.25, -0.2) is 0 Å². The van der Waals surface area contributed by atoms with Gasteiger partial charge >= 0.3 is 0 Å². The molecule has 1 saturated heterocycles. The summed E-state index contributed by atoms with van der Waals surface area (Å²) in [5, 5.41) is 13.4. The van der Waals surface area contributed by atoms with Crippen molar-refractivity contribution in [1.82, 2.24) is 10.2 Å². The second-order valence-corrected chi connectivity index (χ2v) is 5.70. The summed E-state index contributed by atoms with van der Waals surface area (Å²) in [7, 11) is 0. The number of benzene rings is 1. The van der Waals surface area contributed by atoms with Gasteiger partial charge < -0.3 is 10.4 Å². The normalized spacial score (nSPS) is 19.3. The number of nitrogens with one attached hydrogen (secondary N) is 1.